The number of carboxylic acids is 1. The van der Waals surface area contributed by atoms with E-state index in [1.54, 1.807) is 24.3 Å². The molecule has 0 aliphatic heterocycles. The lowest BCUT2D eigenvalue weighted by Crippen LogP contribution is -2.09. The van der Waals surface area contributed by atoms with Crippen LogP contribution in [0.3, 0.4) is 0 Å². The molecule has 1 rings (SSSR count). The van der Waals surface area contributed by atoms with Crippen molar-refractivity contribution in [3.05, 3.63) is 40.6 Å². The van der Waals surface area contributed by atoms with Crippen LogP contribution in [0.1, 0.15) is 19.4 Å². The summed E-state index contributed by atoms with van der Waals surface area (Å²) in [5.41, 5.74) is 0.746. The van der Waals surface area contributed by atoms with Crippen LogP contribution in [0.25, 0.3) is 6.08 Å². The number of rotatable bonds is 5. The van der Waals surface area contributed by atoms with Crippen molar-refractivity contribution in [3.8, 4) is 0 Å². The van der Waals surface area contributed by atoms with E-state index in [0.29, 0.717) is 11.6 Å². The molecule has 0 atom stereocenters. The van der Waals surface area contributed by atoms with Crippen LogP contribution in [0.2, 0.25) is 5.02 Å². The highest BCUT2D eigenvalue weighted by atomic mass is 35.5. The van der Waals surface area contributed by atoms with E-state index in [1.165, 1.54) is 6.08 Å². The highest BCUT2D eigenvalue weighted by Gasteiger charge is 2.09. The molecule has 92 valence electrons. The molecule has 1 N–H and O–H groups in total. The molecule has 0 saturated carbocycles. The maximum Gasteiger partial charge on any atom is 0.371 e. The Morgan fingerprint density at radius 2 is 2.00 bits per heavy atom. The summed E-state index contributed by atoms with van der Waals surface area (Å²) >= 11 is 5.75. The zero-order valence-electron chi connectivity index (χ0n) is 9.81. The molecule has 0 aliphatic carbocycles. The lowest BCUT2D eigenvalue weighted by atomic mass is 10.2. The molecular weight excluding hydrogens is 240 g/mol. The van der Waals surface area contributed by atoms with Crippen molar-refractivity contribution in [1.29, 1.82) is 0 Å². The zero-order chi connectivity index (χ0) is 12.8. The topological polar surface area (TPSA) is 46.5 Å². The van der Waals surface area contributed by atoms with Gasteiger partial charge < -0.3 is 9.84 Å². The van der Waals surface area contributed by atoms with Crippen LogP contribution >= 0.6 is 11.6 Å². The van der Waals surface area contributed by atoms with E-state index in [0.717, 1.165) is 5.56 Å². The van der Waals surface area contributed by atoms with Crippen molar-refractivity contribution in [2.45, 2.75) is 13.8 Å². The molecule has 1 aromatic rings. The van der Waals surface area contributed by atoms with E-state index in [-0.39, 0.29) is 11.7 Å². The lowest BCUT2D eigenvalue weighted by molar-refractivity contribution is -0.136. The van der Waals surface area contributed by atoms with Gasteiger partial charge in [-0.15, -0.1) is 0 Å². The first-order valence-electron chi connectivity index (χ1n) is 5.32. The minimum absolute atomic E-state index is 0.0546. The van der Waals surface area contributed by atoms with Crippen molar-refractivity contribution in [3.63, 3.8) is 0 Å². The van der Waals surface area contributed by atoms with Crippen molar-refractivity contribution < 1.29 is 14.6 Å². The fourth-order valence-corrected chi connectivity index (χ4v) is 1.26. The standard InChI is InChI=1S/C13H15ClO3/c1-9(2)8-17-12(13(15)16)7-10-3-5-11(14)6-4-10/h3-7,9H,8H2,1-2H3,(H,15,16)/b12-7-. The summed E-state index contributed by atoms with van der Waals surface area (Å²) in [6, 6.07) is 6.89. The maximum absolute atomic E-state index is 11.0. The Morgan fingerprint density at radius 1 is 1.41 bits per heavy atom. The van der Waals surface area contributed by atoms with Crippen molar-refractivity contribution in [1.82, 2.24) is 0 Å². The van der Waals surface area contributed by atoms with Gasteiger partial charge in [-0.2, -0.15) is 0 Å². The minimum atomic E-state index is -1.07. The number of carboxylic acid groups (broad SMARTS) is 1. The molecule has 1 aromatic carbocycles. The normalized spacial score (nSPS) is 11.6. The average molecular weight is 255 g/mol. The monoisotopic (exact) mass is 254 g/mol. The Morgan fingerprint density at radius 3 is 2.47 bits per heavy atom. The van der Waals surface area contributed by atoms with Gasteiger partial charge in [0.1, 0.15) is 0 Å². The van der Waals surface area contributed by atoms with Gasteiger partial charge in [0.2, 0.25) is 5.76 Å². The molecule has 0 saturated heterocycles. The van der Waals surface area contributed by atoms with Crippen LogP contribution in [-0.4, -0.2) is 17.7 Å². The number of carbonyl (C=O) groups is 1. The fraction of sp³-hybridized carbons (Fsp3) is 0.308. The largest absolute Gasteiger partial charge is 0.486 e. The van der Waals surface area contributed by atoms with Gasteiger partial charge >= 0.3 is 5.97 Å². The van der Waals surface area contributed by atoms with Crippen LogP contribution in [-0.2, 0) is 9.53 Å². The first-order chi connectivity index (χ1) is 7.99. The van der Waals surface area contributed by atoms with Crippen LogP contribution in [0.4, 0.5) is 0 Å². The van der Waals surface area contributed by atoms with Crippen molar-refractivity contribution in [2.75, 3.05) is 6.61 Å². The van der Waals surface area contributed by atoms with Crippen LogP contribution in [0, 0.1) is 5.92 Å². The number of aliphatic carboxylic acids is 1. The predicted molar refractivity (Wildman–Crippen MR) is 67.9 cm³/mol. The highest BCUT2D eigenvalue weighted by Crippen LogP contribution is 2.13. The Bertz CT molecular complexity index is 407. The van der Waals surface area contributed by atoms with Gasteiger partial charge in [0.25, 0.3) is 0 Å². The number of ether oxygens (including phenoxy) is 1. The van der Waals surface area contributed by atoms with E-state index in [1.807, 2.05) is 13.8 Å². The Labute approximate surface area is 106 Å². The van der Waals surface area contributed by atoms with Gasteiger partial charge in [-0.05, 0) is 29.7 Å². The molecule has 0 spiro atoms. The zero-order valence-corrected chi connectivity index (χ0v) is 10.6. The third-order valence-corrected chi connectivity index (χ3v) is 2.20. The molecule has 0 radical (unpaired) electrons. The van der Waals surface area contributed by atoms with Crippen molar-refractivity contribution in [2.24, 2.45) is 5.92 Å². The second-order valence-corrected chi connectivity index (χ2v) is 4.51. The average Bonchev–Trinajstić information content (AvgIpc) is 2.26. The molecule has 17 heavy (non-hydrogen) atoms. The van der Waals surface area contributed by atoms with Crippen molar-refractivity contribution >= 4 is 23.6 Å². The summed E-state index contributed by atoms with van der Waals surface area (Å²) in [4.78, 5) is 11.0. The van der Waals surface area contributed by atoms with Crippen LogP contribution in [0.15, 0.2) is 30.0 Å². The van der Waals surface area contributed by atoms with Gasteiger partial charge in [-0.1, -0.05) is 37.6 Å². The molecule has 0 fully saturated rings. The molecule has 0 aromatic heterocycles. The highest BCUT2D eigenvalue weighted by molar-refractivity contribution is 6.30. The smallest absolute Gasteiger partial charge is 0.371 e. The van der Waals surface area contributed by atoms with Gasteiger partial charge in [0.15, 0.2) is 0 Å². The van der Waals surface area contributed by atoms with Crippen LogP contribution in [0.5, 0.6) is 0 Å². The Hall–Kier alpha value is -1.48. The summed E-state index contributed by atoms with van der Waals surface area (Å²) in [5, 5.41) is 9.60. The molecule has 0 aliphatic rings. The van der Waals surface area contributed by atoms with E-state index >= 15 is 0 Å². The molecule has 0 bridgehead atoms. The van der Waals surface area contributed by atoms with E-state index in [4.69, 9.17) is 21.4 Å². The SMILES string of the molecule is CC(C)CO/C(=C\c1ccc(Cl)cc1)C(=O)O. The second-order valence-electron chi connectivity index (χ2n) is 4.07. The second kappa shape index (κ2) is 6.30. The number of benzene rings is 1. The molecule has 4 heteroatoms. The third kappa shape index (κ3) is 4.91. The van der Waals surface area contributed by atoms with Gasteiger partial charge in [-0.25, -0.2) is 4.79 Å². The van der Waals surface area contributed by atoms with E-state index in [2.05, 4.69) is 0 Å². The molecular formula is C13H15ClO3. The number of halogens is 1. The summed E-state index contributed by atoms with van der Waals surface area (Å²) in [5.74, 6) is -0.843. The Balaban J connectivity index is 2.82. The summed E-state index contributed by atoms with van der Waals surface area (Å²) in [6.45, 7) is 4.30. The van der Waals surface area contributed by atoms with E-state index in [9.17, 15) is 4.79 Å². The number of hydrogen-bond donors (Lipinski definition) is 1. The van der Waals surface area contributed by atoms with Gasteiger partial charge in [0, 0.05) is 5.02 Å². The molecule has 0 amide bonds. The predicted octanol–water partition coefficient (Wildman–Crippen LogP) is 3.44. The minimum Gasteiger partial charge on any atom is -0.486 e. The molecule has 3 nitrogen and oxygen atoms in total. The maximum atomic E-state index is 11.0. The van der Waals surface area contributed by atoms with Gasteiger partial charge in [0.05, 0.1) is 6.61 Å². The number of hydrogen-bond acceptors (Lipinski definition) is 2. The Kier molecular flexibility index (Phi) is 5.04. The lowest BCUT2D eigenvalue weighted by Gasteiger charge is -2.09. The first-order valence-corrected chi connectivity index (χ1v) is 5.70. The van der Waals surface area contributed by atoms with Crippen LogP contribution < -0.4 is 0 Å². The summed E-state index contributed by atoms with van der Waals surface area (Å²) < 4.78 is 5.23. The fourth-order valence-electron chi connectivity index (χ4n) is 1.13. The third-order valence-electron chi connectivity index (χ3n) is 1.95. The summed E-state index contributed by atoms with van der Waals surface area (Å²) in [6.07, 6.45) is 1.49. The molecule has 0 heterocycles. The quantitative estimate of drug-likeness (QED) is 0.647. The van der Waals surface area contributed by atoms with E-state index < -0.39 is 5.97 Å². The van der Waals surface area contributed by atoms with Gasteiger partial charge in [-0.3, -0.25) is 0 Å². The molecule has 0 unspecified atom stereocenters. The summed E-state index contributed by atoms with van der Waals surface area (Å²) in [7, 11) is 0. The first kappa shape index (κ1) is 13.6.